The molecule has 69 heavy (non-hydrogen) atoms. The molecule has 3 saturated heterocycles. The average Bonchev–Trinajstić information content (AvgIpc) is 3.28. The number of Topliss-reactive ketones (excluding diaryl/α,β-unsaturated/α-hetero) is 1. The normalized spacial score (nSPS) is 54.2. The van der Waals surface area contributed by atoms with Crippen molar-refractivity contribution in [2.45, 2.75) is 204 Å². The first-order valence-electron chi connectivity index (χ1n) is 24.3. The smallest absolute Gasteiger partial charge is 0.335 e. The van der Waals surface area contributed by atoms with Crippen molar-refractivity contribution in [3.8, 4) is 0 Å². The zero-order valence-electron chi connectivity index (χ0n) is 40.1. The molecule has 3 heterocycles. The maximum atomic E-state index is 13.8. The van der Waals surface area contributed by atoms with Crippen LogP contribution in [0, 0.1) is 50.2 Å². The van der Waals surface area contributed by atoms with Crippen molar-refractivity contribution >= 4 is 23.7 Å². The van der Waals surface area contributed by atoms with Crippen molar-refractivity contribution in [1.82, 2.24) is 0 Å². The number of carboxylic acid groups (broad SMARTS) is 3. The summed E-state index contributed by atoms with van der Waals surface area (Å²) in [6.45, 7) is 13.3. The van der Waals surface area contributed by atoms with Gasteiger partial charge in [0.2, 0.25) is 0 Å². The van der Waals surface area contributed by atoms with Gasteiger partial charge in [-0.05, 0) is 99.2 Å². The zero-order valence-corrected chi connectivity index (χ0v) is 40.1. The van der Waals surface area contributed by atoms with Crippen LogP contribution in [0.15, 0.2) is 11.6 Å². The lowest BCUT2D eigenvalue weighted by molar-refractivity contribution is -0.393. The van der Waals surface area contributed by atoms with Gasteiger partial charge in [0.15, 0.2) is 31.1 Å². The lowest BCUT2D eigenvalue weighted by Gasteiger charge is -2.71. The second kappa shape index (κ2) is 18.0. The molecule has 0 spiro atoms. The molecule has 21 heteroatoms. The molecule has 3 aliphatic heterocycles. The van der Waals surface area contributed by atoms with Gasteiger partial charge in [-0.3, -0.25) is 9.59 Å². The van der Waals surface area contributed by atoms with Gasteiger partial charge in [0.1, 0.15) is 60.7 Å². The number of allylic oxidation sites excluding steroid dienone is 2. The van der Waals surface area contributed by atoms with E-state index in [1.165, 1.54) is 6.92 Å². The van der Waals surface area contributed by atoms with Gasteiger partial charge in [0.05, 0.1) is 24.2 Å². The summed E-state index contributed by atoms with van der Waals surface area (Å²) in [6.07, 6.45) is -23.3. The van der Waals surface area contributed by atoms with E-state index in [1.807, 2.05) is 13.8 Å². The van der Waals surface area contributed by atoms with Crippen molar-refractivity contribution in [1.29, 1.82) is 0 Å². The molecule has 7 fully saturated rings. The molecule has 11 N–H and O–H groups in total. The Bertz CT molecular complexity index is 2050. The fourth-order valence-electron chi connectivity index (χ4n) is 14.9. The van der Waals surface area contributed by atoms with Crippen molar-refractivity contribution in [3.63, 3.8) is 0 Å². The largest absolute Gasteiger partial charge is 0.481 e. The Balaban J connectivity index is 1.09. The number of carbonyl (C=O) groups excluding carboxylic acids is 1. The standard InChI is InChI=1S/C48H72O21/c1-19-26(51)27(52)32(57)39(64-19)68-36-31(56)29(54)34(38(60)61)67-41(36)69-35-30(55)28(53)33(37(58)59)66-40(35)65-25-11-12-45(4)22(46(25,5)18-49)10-13-48(7)23(45)9-8-20-21-16-43(2,42(62)63)17-24(50)44(21,3)14-15-47(20,48)6/h8,19,21-23,25-36,39-41,49,51-57H,9-18H2,1-7H3,(H,58,59)(H,60,61)(H,62,63)/t19-,21-,22+,23+,25-,26-,27+,28-,29-,30-,31-,32+,33-,34-,35+,36+,39-,40+,41-,43-,44+,45-,46+,47+,48+/m0/s1. The molecule has 4 saturated carbocycles. The number of ether oxygens (including phenoxy) is 6. The molecule has 390 valence electrons. The average molecular weight is 985 g/mol. The maximum Gasteiger partial charge on any atom is 0.335 e. The van der Waals surface area contributed by atoms with Gasteiger partial charge in [0.25, 0.3) is 0 Å². The number of aliphatic hydroxyl groups is 8. The number of carbonyl (C=O) groups is 4. The van der Waals surface area contributed by atoms with Crippen LogP contribution in [0.4, 0.5) is 0 Å². The first-order chi connectivity index (χ1) is 32.0. The Morgan fingerprint density at radius 1 is 0.667 bits per heavy atom. The van der Waals surface area contributed by atoms with E-state index in [0.717, 1.165) is 12.0 Å². The van der Waals surface area contributed by atoms with E-state index in [4.69, 9.17) is 28.4 Å². The highest BCUT2D eigenvalue weighted by molar-refractivity contribution is 5.92. The number of hydrogen-bond acceptors (Lipinski definition) is 18. The van der Waals surface area contributed by atoms with Crippen LogP contribution < -0.4 is 0 Å². The third-order valence-corrected chi connectivity index (χ3v) is 19.5. The molecule has 0 amide bonds. The summed E-state index contributed by atoms with van der Waals surface area (Å²) in [6, 6.07) is 0. The monoisotopic (exact) mass is 984 g/mol. The van der Waals surface area contributed by atoms with Crippen molar-refractivity contribution in [3.05, 3.63) is 11.6 Å². The Hall–Kier alpha value is -2.74. The third kappa shape index (κ3) is 7.95. The number of ketones is 1. The molecule has 8 rings (SSSR count). The molecular formula is C48H72O21. The van der Waals surface area contributed by atoms with Crippen molar-refractivity contribution < 1.29 is 104 Å². The second-order valence-electron chi connectivity index (χ2n) is 23.1. The molecule has 21 nitrogen and oxygen atoms in total. The molecular weight excluding hydrogens is 913 g/mol. The summed E-state index contributed by atoms with van der Waals surface area (Å²) in [5.41, 5.74) is -2.84. The predicted octanol–water partition coefficient (Wildman–Crippen LogP) is 0.0698. The minimum atomic E-state index is -2.18. The molecule has 0 aromatic rings. The highest BCUT2D eigenvalue weighted by Crippen LogP contribution is 2.75. The van der Waals surface area contributed by atoms with Crippen LogP contribution in [0.25, 0.3) is 0 Å². The lowest BCUT2D eigenvalue weighted by atomic mass is 9.33. The third-order valence-electron chi connectivity index (χ3n) is 19.5. The Kier molecular flexibility index (Phi) is 13.7. The van der Waals surface area contributed by atoms with E-state index in [1.54, 1.807) is 6.92 Å². The Labute approximate surface area is 399 Å². The number of carboxylic acids is 3. The van der Waals surface area contributed by atoms with Crippen LogP contribution >= 0.6 is 0 Å². The Morgan fingerprint density at radius 2 is 1.23 bits per heavy atom. The fraction of sp³-hybridized carbons (Fsp3) is 0.875. The van der Waals surface area contributed by atoms with Crippen LogP contribution in [-0.2, 0) is 47.6 Å². The first kappa shape index (κ1) is 52.6. The molecule has 0 unspecified atom stereocenters. The quantitative estimate of drug-likeness (QED) is 0.102. The number of aliphatic hydroxyl groups excluding tert-OH is 8. The zero-order chi connectivity index (χ0) is 50.9. The maximum absolute atomic E-state index is 13.8. The molecule has 0 aromatic heterocycles. The van der Waals surface area contributed by atoms with Crippen LogP contribution in [0.2, 0.25) is 0 Å². The minimum Gasteiger partial charge on any atom is -0.481 e. The molecule has 25 atom stereocenters. The van der Waals surface area contributed by atoms with Crippen molar-refractivity contribution in [2.24, 2.45) is 50.2 Å². The van der Waals surface area contributed by atoms with Crippen LogP contribution in [0.1, 0.15) is 106 Å². The van der Waals surface area contributed by atoms with Gasteiger partial charge < -0.3 is 84.6 Å². The fourth-order valence-corrected chi connectivity index (χ4v) is 14.9. The van der Waals surface area contributed by atoms with E-state index >= 15 is 0 Å². The number of aliphatic carboxylic acids is 3. The van der Waals surface area contributed by atoms with Crippen molar-refractivity contribution in [2.75, 3.05) is 6.61 Å². The second-order valence-corrected chi connectivity index (χ2v) is 23.1. The number of hydrogen-bond donors (Lipinski definition) is 11. The Morgan fingerprint density at radius 3 is 1.78 bits per heavy atom. The molecule has 0 aromatic carbocycles. The van der Waals surface area contributed by atoms with Crippen LogP contribution in [0.3, 0.4) is 0 Å². The first-order valence-corrected chi connectivity index (χ1v) is 24.3. The van der Waals surface area contributed by atoms with Gasteiger partial charge in [-0.2, -0.15) is 0 Å². The highest BCUT2D eigenvalue weighted by Gasteiger charge is 2.70. The highest BCUT2D eigenvalue weighted by atomic mass is 16.8. The summed E-state index contributed by atoms with van der Waals surface area (Å²) in [5, 5.41) is 118. The minimum absolute atomic E-state index is 0.00255. The van der Waals surface area contributed by atoms with E-state index < -0.39 is 144 Å². The van der Waals surface area contributed by atoms with Gasteiger partial charge >= 0.3 is 17.9 Å². The molecule has 8 aliphatic rings. The predicted molar refractivity (Wildman–Crippen MR) is 232 cm³/mol. The summed E-state index contributed by atoms with van der Waals surface area (Å²) < 4.78 is 35.5. The van der Waals surface area contributed by atoms with Gasteiger partial charge in [0, 0.05) is 17.3 Å². The van der Waals surface area contributed by atoms with Gasteiger partial charge in [-0.15, -0.1) is 0 Å². The van der Waals surface area contributed by atoms with Crippen LogP contribution in [0.5, 0.6) is 0 Å². The van der Waals surface area contributed by atoms with Gasteiger partial charge in [-0.1, -0.05) is 46.3 Å². The number of rotatable bonds is 10. The molecule has 5 aliphatic carbocycles. The SMILES string of the molecule is C[C@@H]1O[C@@H](O[C@H]2[C@H](O[C@H]3[C@H](O[C@H]4CC[C@@]5(C)[C@@H](CC[C@]6(C)[C@@H]5CC=C5[C@@H]7C[C@](C)(C(=O)O)CC(=O)[C@]7(C)CC[C@]56C)[C@@]4(C)CO)O[C@H](C(=O)O)[C@@H](O)[C@@H]3O)O[C@H](C(=O)O)[C@@H](O)[C@@H]2O)[C@H](O)[C@H](O)[C@H]1O. The molecule has 0 bridgehead atoms. The van der Waals surface area contributed by atoms with E-state index in [2.05, 4.69) is 26.8 Å². The van der Waals surface area contributed by atoms with Gasteiger partial charge in [-0.25, -0.2) is 9.59 Å². The van der Waals surface area contributed by atoms with E-state index in [-0.39, 0.29) is 47.2 Å². The van der Waals surface area contributed by atoms with E-state index in [0.29, 0.717) is 38.5 Å². The van der Waals surface area contributed by atoms with E-state index in [9.17, 15) is 75.3 Å². The molecule has 0 radical (unpaired) electrons. The summed E-state index contributed by atoms with van der Waals surface area (Å²) >= 11 is 0. The summed E-state index contributed by atoms with van der Waals surface area (Å²) in [4.78, 5) is 51.2. The number of fused-ring (bicyclic) bond motifs is 7. The topological polar surface area (TPSA) is 346 Å². The lowest BCUT2D eigenvalue weighted by Crippen LogP contribution is -2.68. The summed E-state index contributed by atoms with van der Waals surface area (Å²) in [5.74, 6) is -4.80. The summed E-state index contributed by atoms with van der Waals surface area (Å²) in [7, 11) is 0. The van der Waals surface area contributed by atoms with Crippen LogP contribution in [-0.4, -0.2) is 185 Å².